The van der Waals surface area contributed by atoms with E-state index in [0.717, 1.165) is 0 Å². The molecule has 1 heterocycles. The van der Waals surface area contributed by atoms with Crippen LogP contribution in [0.5, 0.6) is 172 Å². The van der Waals surface area contributed by atoms with Gasteiger partial charge < -0.3 is 180 Å². The standard InChI is InChI=1S/C76H52O46.Zn/c77-32-1-22(2-33(78)53(32)92)67(103)113-47-16-27(11-42(87)58(47)97)66(102)112-21-52-63(119-72(108)28-12-43(88)59(98)48(17-28)114-68(104)23-3-34(79)54(93)35(80)4-23)64(120-73(109)29-13-44(89)60(99)49(18-29)115-69(105)24-5-36(81)55(94)37(82)6-24)65(121-74(110)30-14-45(90)61(100)50(19-30)116-70(106)25-7-38(83)56(95)39(84)8-25)76(118-52)122-75(111)31-15-46(91)62(101)51(20-31)117-71(107)26-9-40(85)57(96)41(86)10-26;/h1-20,52,63-65,76-101H,21H2;/q;+2/p-2. The zero-order valence-electron chi connectivity index (χ0n) is 60.5. The number of benzene rings is 10. The van der Waals surface area contributed by atoms with Gasteiger partial charge in [-0.2, -0.15) is 0 Å². The van der Waals surface area contributed by atoms with Gasteiger partial charge in [0, 0.05) is 0 Å². The minimum Gasteiger partial charge on any atom is -0.873 e. The maximum atomic E-state index is 15.3. The molecule has 1 saturated heterocycles. The van der Waals surface area contributed by atoms with E-state index in [9.17, 15) is 161 Å². The molecule has 10 aromatic carbocycles. The monoisotopic (exact) mass is 1760 g/mol. The maximum absolute atomic E-state index is 15.3. The number of hydrogen-bond acceptors (Lipinski definition) is 46. The molecule has 0 bridgehead atoms. The third-order valence-corrected chi connectivity index (χ3v) is 16.9. The van der Waals surface area contributed by atoms with E-state index in [1.807, 2.05) is 0 Å². The van der Waals surface area contributed by atoms with Crippen LogP contribution in [0.2, 0.25) is 0 Å². The van der Waals surface area contributed by atoms with Gasteiger partial charge in [-0.1, -0.05) is 11.8 Å². The summed E-state index contributed by atoms with van der Waals surface area (Å²) in [5, 5.41) is 265. The quantitative estimate of drug-likeness (QED) is 0.0161. The molecule has 632 valence electrons. The summed E-state index contributed by atoms with van der Waals surface area (Å²) in [6, 6.07) is 8.16. The van der Waals surface area contributed by atoms with Gasteiger partial charge >= 0.3 is 79.2 Å². The van der Waals surface area contributed by atoms with E-state index in [0.29, 0.717) is 115 Å². The molecule has 5 atom stereocenters. The molecule has 0 radical (unpaired) electrons. The van der Waals surface area contributed by atoms with Crippen LogP contribution in [-0.2, 0) is 47.9 Å². The molecule has 23 N–H and O–H groups in total. The van der Waals surface area contributed by atoms with Crippen LogP contribution >= 0.6 is 0 Å². The first kappa shape index (κ1) is 87.9. The van der Waals surface area contributed by atoms with Crippen LogP contribution in [-0.4, -0.2) is 214 Å². The second-order valence-electron chi connectivity index (χ2n) is 25.1. The molecule has 5 unspecified atom stereocenters. The van der Waals surface area contributed by atoms with Crippen molar-refractivity contribution >= 4 is 59.7 Å². The molecule has 0 aliphatic carbocycles. The van der Waals surface area contributed by atoms with Crippen LogP contribution in [0.1, 0.15) is 104 Å². The van der Waals surface area contributed by atoms with Gasteiger partial charge in [0.2, 0.25) is 41.1 Å². The van der Waals surface area contributed by atoms with Crippen molar-refractivity contribution in [1.82, 2.24) is 0 Å². The molecule has 11 rings (SSSR count). The molecule has 10 aromatic rings. The third-order valence-electron chi connectivity index (χ3n) is 16.9. The summed E-state index contributed by atoms with van der Waals surface area (Å²) in [6.07, 6.45) is -15.1. The van der Waals surface area contributed by atoms with E-state index in [2.05, 4.69) is 0 Å². The van der Waals surface area contributed by atoms with Crippen molar-refractivity contribution in [3.8, 4) is 172 Å². The molecule has 1 fully saturated rings. The number of phenolic OH excluding ortho intramolecular Hbond substituents is 23. The van der Waals surface area contributed by atoms with E-state index in [1.54, 1.807) is 0 Å². The summed E-state index contributed by atoms with van der Waals surface area (Å²) in [5.74, 6) is -57.2. The molecule has 1 aliphatic rings. The second kappa shape index (κ2) is 34.7. The largest absolute Gasteiger partial charge is 2.00 e. The van der Waals surface area contributed by atoms with E-state index in [-0.39, 0.29) is 25.5 Å². The molecule has 0 saturated carbocycles. The van der Waals surface area contributed by atoms with Crippen LogP contribution in [0.3, 0.4) is 0 Å². The zero-order valence-corrected chi connectivity index (χ0v) is 63.5. The van der Waals surface area contributed by atoms with Crippen LogP contribution in [0.25, 0.3) is 0 Å². The number of ether oxygens (including phenoxy) is 11. The van der Waals surface area contributed by atoms with Crippen LogP contribution in [0.15, 0.2) is 121 Å². The SMILES string of the molecule is O=C(OCC1OC(OC(=O)c2cc(O)c(O)c(OC(=O)c3cc(O)c(O)c(O)c3)c2)C(OC(=O)c2cc(O)c(O)c(OC(=O)c3cc(O)c(O)c(O)c3)c2)C(OC(=O)c2cc(O)c(O)c(OC(=O)c3cc(O)c(O)c(O)c3)c2)C1OC(=O)c1cc(O)c(O)c(OC(=O)c2cc([O-])c([O-])c(O)c2)c1)c1cc(O)c(O)c(OC(=O)c2cc(O)c(O)c(O)c2)c1.[Zn+2]. The zero-order chi connectivity index (χ0) is 89.4. The Morgan fingerprint density at radius 1 is 0.244 bits per heavy atom. The van der Waals surface area contributed by atoms with Crippen LogP contribution in [0.4, 0.5) is 0 Å². The summed E-state index contributed by atoms with van der Waals surface area (Å²) in [5.41, 5.74) is -10.1. The summed E-state index contributed by atoms with van der Waals surface area (Å²) < 4.78 is 60.3. The van der Waals surface area contributed by atoms with Gasteiger partial charge in [-0.05, 0) is 115 Å². The van der Waals surface area contributed by atoms with Crippen molar-refractivity contribution in [3.63, 3.8) is 0 Å². The minimum absolute atomic E-state index is 0. The minimum atomic E-state index is -3.13. The molecule has 1 aliphatic heterocycles. The van der Waals surface area contributed by atoms with Gasteiger partial charge in [0.25, 0.3) is 0 Å². The predicted molar refractivity (Wildman–Crippen MR) is 378 cm³/mol. The number of hydrogen-bond donors (Lipinski definition) is 23. The fourth-order valence-corrected chi connectivity index (χ4v) is 10.8. The van der Waals surface area contributed by atoms with Crippen molar-refractivity contribution in [2.24, 2.45) is 0 Å². The van der Waals surface area contributed by atoms with Crippen molar-refractivity contribution in [2.45, 2.75) is 30.7 Å². The number of rotatable bonds is 21. The Kier molecular flexibility index (Phi) is 24.8. The fraction of sp³-hybridized carbons (Fsp3) is 0.0789. The topological polar surface area (TPSA) is 784 Å². The average molecular weight is 1760 g/mol. The van der Waals surface area contributed by atoms with Gasteiger partial charge in [0.15, 0.2) is 139 Å². The van der Waals surface area contributed by atoms with Crippen LogP contribution in [0, 0.1) is 0 Å². The number of carbonyl (C=O) groups excluding carboxylic acids is 10. The molecule has 0 aromatic heterocycles. The van der Waals surface area contributed by atoms with Gasteiger partial charge in [0.05, 0.1) is 55.6 Å². The Balaban J connectivity index is 0.0000158. The van der Waals surface area contributed by atoms with E-state index in [1.165, 1.54) is 0 Å². The average Bonchev–Trinajstić information content (AvgIpc) is 0.764. The van der Waals surface area contributed by atoms with Gasteiger partial charge in [-0.15, -0.1) is 5.75 Å². The smallest absolute Gasteiger partial charge is 0.873 e. The number of aromatic hydroxyl groups is 23. The van der Waals surface area contributed by atoms with Gasteiger partial charge in [-0.25, -0.2) is 47.9 Å². The molecule has 0 spiro atoms. The molecular weight excluding hydrogens is 1710 g/mol. The Bertz CT molecular complexity index is 5980. The second-order valence-corrected chi connectivity index (χ2v) is 25.1. The third kappa shape index (κ3) is 18.5. The number of esters is 10. The molecule has 47 heteroatoms. The first-order valence-electron chi connectivity index (χ1n) is 33.1. The predicted octanol–water partition coefficient (Wildman–Crippen LogP) is 3.57. The maximum Gasteiger partial charge on any atom is 2.00 e. The Hall–Kier alpha value is -17.5. The van der Waals surface area contributed by atoms with Crippen LogP contribution < -0.4 is 33.9 Å². The van der Waals surface area contributed by atoms with E-state index >= 15 is 14.4 Å². The first-order chi connectivity index (χ1) is 57.4. The van der Waals surface area contributed by atoms with Crippen molar-refractivity contribution < 1.29 is 247 Å². The number of carbonyl (C=O) groups is 10. The normalized spacial score (nSPS) is 14.5. The summed E-state index contributed by atoms with van der Waals surface area (Å²) in [4.78, 5) is 142. The number of phenols is 23. The summed E-state index contributed by atoms with van der Waals surface area (Å²) in [6.45, 7) is -1.72. The molecular formula is C76H50O46Zn. The Morgan fingerprint density at radius 3 is 0.707 bits per heavy atom. The fourth-order valence-electron chi connectivity index (χ4n) is 10.8. The Morgan fingerprint density at radius 2 is 0.447 bits per heavy atom. The molecule has 0 amide bonds. The summed E-state index contributed by atoms with van der Waals surface area (Å²) in [7, 11) is 0. The van der Waals surface area contributed by atoms with E-state index < -0.39 is 325 Å². The Labute approximate surface area is 690 Å². The summed E-state index contributed by atoms with van der Waals surface area (Å²) >= 11 is 0. The van der Waals surface area contributed by atoms with Crippen molar-refractivity contribution in [1.29, 1.82) is 0 Å². The molecule has 46 nitrogen and oxygen atoms in total. The van der Waals surface area contributed by atoms with Gasteiger partial charge in [0.1, 0.15) is 18.5 Å². The molecule has 123 heavy (non-hydrogen) atoms. The first-order valence-corrected chi connectivity index (χ1v) is 33.1. The van der Waals surface area contributed by atoms with Crippen molar-refractivity contribution in [3.05, 3.63) is 177 Å². The van der Waals surface area contributed by atoms with Crippen molar-refractivity contribution in [2.75, 3.05) is 6.61 Å². The van der Waals surface area contributed by atoms with E-state index in [4.69, 9.17) is 52.1 Å². The van der Waals surface area contributed by atoms with Gasteiger partial charge in [-0.3, -0.25) is 0 Å².